The number of benzene rings is 1. The van der Waals surface area contributed by atoms with Crippen LogP contribution < -0.4 is 10.9 Å². The number of hydrogen-bond acceptors (Lipinski definition) is 3. The summed E-state index contributed by atoms with van der Waals surface area (Å²) in [7, 11) is 0. The van der Waals surface area contributed by atoms with Crippen LogP contribution in [-0.4, -0.2) is 17.8 Å². The van der Waals surface area contributed by atoms with E-state index in [1.54, 1.807) is 0 Å². The molecule has 6 heteroatoms. The average Bonchev–Trinajstić information content (AvgIpc) is 2.30. The Morgan fingerprint density at radius 3 is 2.83 bits per heavy atom. The normalized spacial score (nSPS) is 18.9. The van der Waals surface area contributed by atoms with Crippen molar-refractivity contribution in [3.05, 3.63) is 33.3 Å². The van der Waals surface area contributed by atoms with Crippen molar-refractivity contribution < 1.29 is 4.79 Å². The molecule has 1 aliphatic heterocycles. The molecular weight excluding hydrogens is 318 g/mol. The van der Waals surface area contributed by atoms with E-state index in [2.05, 4.69) is 31.8 Å². The predicted molar refractivity (Wildman–Crippen MR) is 75.6 cm³/mol. The highest BCUT2D eigenvalue weighted by Crippen LogP contribution is 2.20. The lowest BCUT2D eigenvalue weighted by atomic mass is 10.1. The van der Waals surface area contributed by atoms with Crippen LogP contribution >= 0.6 is 27.5 Å². The van der Waals surface area contributed by atoms with Crippen molar-refractivity contribution in [2.24, 2.45) is 4.99 Å². The first-order valence-electron chi connectivity index (χ1n) is 5.66. The van der Waals surface area contributed by atoms with Crippen LogP contribution in [0.4, 0.5) is 0 Å². The summed E-state index contributed by atoms with van der Waals surface area (Å²) < 4.78 is 0.928. The van der Waals surface area contributed by atoms with Gasteiger partial charge in [0.05, 0.1) is 0 Å². The fourth-order valence-electron chi connectivity index (χ4n) is 1.77. The maximum atomic E-state index is 11.4. The van der Waals surface area contributed by atoms with Gasteiger partial charge in [0.15, 0.2) is 0 Å². The third-order valence-corrected chi connectivity index (χ3v) is 3.30. The molecule has 96 valence electrons. The van der Waals surface area contributed by atoms with Crippen LogP contribution in [0.25, 0.3) is 0 Å². The lowest BCUT2D eigenvalue weighted by Crippen LogP contribution is -2.51. The maximum Gasteiger partial charge on any atom is 0.263 e. The zero-order valence-corrected chi connectivity index (χ0v) is 12.2. The standard InChI is InChI=1S/C12H13BrClN3O/c1-2-10-12(18)17-16-11(15-10)5-7-3-8(13)6-9(14)4-7/h3-4,6,10H,2,5H2,1H3,(H,15,16)(H,17,18). The predicted octanol–water partition coefficient (Wildman–Crippen LogP) is 2.46. The molecule has 2 N–H and O–H groups in total. The largest absolute Gasteiger partial charge is 0.285 e. The molecule has 1 heterocycles. The topological polar surface area (TPSA) is 53.5 Å². The van der Waals surface area contributed by atoms with Gasteiger partial charge in [-0.3, -0.25) is 20.6 Å². The molecule has 18 heavy (non-hydrogen) atoms. The second-order valence-corrected chi connectivity index (χ2v) is 5.42. The van der Waals surface area contributed by atoms with Crippen LogP contribution in [0, 0.1) is 0 Å². The number of amides is 1. The molecule has 1 unspecified atom stereocenters. The summed E-state index contributed by atoms with van der Waals surface area (Å²) in [5.41, 5.74) is 6.46. The van der Waals surface area contributed by atoms with E-state index in [0.717, 1.165) is 15.9 Å². The third kappa shape index (κ3) is 3.23. The van der Waals surface area contributed by atoms with Crippen molar-refractivity contribution in [2.75, 3.05) is 0 Å². The summed E-state index contributed by atoms with van der Waals surface area (Å²) in [6.45, 7) is 1.94. The van der Waals surface area contributed by atoms with E-state index in [4.69, 9.17) is 11.6 Å². The number of hydrazine groups is 1. The van der Waals surface area contributed by atoms with E-state index >= 15 is 0 Å². The lowest BCUT2D eigenvalue weighted by Gasteiger charge is -2.21. The summed E-state index contributed by atoms with van der Waals surface area (Å²) in [6, 6.07) is 5.39. The monoisotopic (exact) mass is 329 g/mol. The SMILES string of the molecule is CCC1N=C(Cc2cc(Cl)cc(Br)c2)NNC1=O. The summed E-state index contributed by atoms with van der Waals surface area (Å²) in [6.07, 6.45) is 1.30. The number of nitrogens with one attached hydrogen (secondary N) is 2. The Morgan fingerprint density at radius 1 is 1.39 bits per heavy atom. The van der Waals surface area contributed by atoms with Gasteiger partial charge in [0.25, 0.3) is 5.91 Å². The van der Waals surface area contributed by atoms with Crippen molar-refractivity contribution in [3.8, 4) is 0 Å². The summed E-state index contributed by atoms with van der Waals surface area (Å²) in [4.78, 5) is 15.8. The van der Waals surface area contributed by atoms with Gasteiger partial charge in [-0.1, -0.05) is 34.5 Å². The van der Waals surface area contributed by atoms with Gasteiger partial charge in [-0.25, -0.2) is 0 Å². The summed E-state index contributed by atoms with van der Waals surface area (Å²) in [5, 5.41) is 0.673. The molecule has 0 fully saturated rings. The highest BCUT2D eigenvalue weighted by molar-refractivity contribution is 9.10. The molecule has 1 amide bonds. The number of rotatable bonds is 3. The number of aliphatic imine (C=N–C) groups is 1. The van der Waals surface area contributed by atoms with Gasteiger partial charge in [-0.15, -0.1) is 0 Å². The van der Waals surface area contributed by atoms with Crippen LogP contribution in [0.5, 0.6) is 0 Å². The minimum atomic E-state index is -0.302. The lowest BCUT2D eigenvalue weighted by molar-refractivity contribution is -0.123. The summed E-state index contributed by atoms with van der Waals surface area (Å²) in [5.74, 6) is 0.657. The molecule has 0 saturated heterocycles. The Kier molecular flexibility index (Phi) is 4.24. The molecule has 1 aliphatic rings. The van der Waals surface area contributed by atoms with Crippen molar-refractivity contribution in [1.29, 1.82) is 0 Å². The zero-order chi connectivity index (χ0) is 13.1. The minimum Gasteiger partial charge on any atom is -0.285 e. The number of halogens is 2. The van der Waals surface area contributed by atoms with Gasteiger partial charge in [0.1, 0.15) is 11.9 Å². The quantitative estimate of drug-likeness (QED) is 0.894. The van der Waals surface area contributed by atoms with Crippen molar-refractivity contribution in [3.63, 3.8) is 0 Å². The first-order valence-corrected chi connectivity index (χ1v) is 6.83. The Bertz CT molecular complexity index is 484. The van der Waals surface area contributed by atoms with Crippen LogP contribution in [0.2, 0.25) is 5.02 Å². The van der Waals surface area contributed by atoms with E-state index in [1.165, 1.54) is 0 Å². The van der Waals surface area contributed by atoms with Gasteiger partial charge in [0.2, 0.25) is 0 Å². The van der Waals surface area contributed by atoms with Gasteiger partial charge in [-0.05, 0) is 30.2 Å². The second kappa shape index (κ2) is 5.71. The van der Waals surface area contributed by atoms with E-state index in [9.17, 15) is 4.79 Å². The molecule has 0 aliphatic carbocycles. The smallest absolute Gasteiger partial charge is 0.263 e. The Hall–Kier alpha value is -1.07. The van der Waals surface area contributed by atoms with Crippen LogP contribution in [0.15, 0.2) is 27.7 Å². The highest BCUT2D eigenvalue weighted by atomic mass is 79.9. The zero-order valence-electron chi connectivity index (χ0n) is 9.84. The third-order valence-electron chi connectivity index (χ3n) is 2.62. The second-order valence-electron chi connectivity index (χ2n) is 4.07. The maximum absolute atomic E-state index is 11.4. The molecule has 0 spiro atoms. The first-order chi connectivity index (χ1) is 8.58. The Labute approximate surface area is 119 Å². The highest BCUT2D eigenvalue weighted by Gasteiger charge is 2.21. The van der Waals surface area contributed by atoms with Gasteiger partial charge < -0.3 is 0 Å². The van der Waals surface area contributed by atoms with E-state index in [-0.39, 0.29) is 11.9 Å². The number of amidine groups is 1. The molecular formula is C12H13BrClN3O. The number of carbonyl (C=O) groups is 1. The molecule has 0 saturated carbocycles. The molecule has 1 aromatic carbocycles. The van der Waals surface area contributed by atoms with Gasteiger partial charge in [0, 0.05) is 15.9 Å². The van der Waals surface area contributed by atoms with Crippen LogP contribution in [0.1, 0.15) is 18.9 Å². The fourth-order valence-corrected chi connectivity index (χ4v) is 2.70. The van der Waals surface area contributed by atoms with E-state index in [1.807, 2.05) is 25.1 Å². The number of nitrogens with zero attached hydrogens (tertiary/aromatic N) is 1. The number of hydrogen-bond donors (Lipinski definition) is 2. The van der Waals surface area contributed by atoms with Crippen molar-refractivity contribution >= 4 is 39.3 Å². The number of carbonyl (C=O) groups excluding carboxylic acids is 1. The molecule has 1 aromatic rings. The Morgan fingerprint density at radius 2 is 2.17 bits per heavy atom. The molecule has 4 nitrogen and oxygen atoms in total. The molecule has 0 aromatic heterocycles. The fraction of sp³-hybridized carbons (Fsp3) is 0.333. The van der Waals surface area contributed by atoms with Crippen LogP contribution in [-0.2, 0) is 11.2 Å². The Balaban J connectivity index is 2.16. The molecule has 0 bridgehead atoms. The van der Waals surface area contributed by atoms with E-state index in [0.29, 0.717) is 17.9 Å². The van der Waals surface area contributed by atoms with E-state index < -0.39 is 0 Å². The average molecular weight is 331 g/mol. The van der Waals surface area contributed by atoms with Gasteiger partial charge >= 0.3 is 0 Å². The van der Waals surface area contributed by atoms with Crippen molar-refractivity contribution in [1.82, 2.24) is 10.9 Å². The molecule has 1 atom stereocenters. The van der Waals surface area contributed by atoms with Crippen LogP contribution in [0.3, 0.4) is 0 Å². The molecule has 0 radical (unpaired) electrons. The summed E-state index contributed by atoms with van der Waals surface area (Å²) >= 11 is 9.39. The first kappa shape index (κ1) is 13.4. The van der Waals surface area contributed by atoms with Crippen molar-refractivity contribution in [2.45, 2.75) is 25.8 Å². The van der Waals surface area contributed by atoms with Gasteiger partial charge in [-0.2, -0.15) is 0 Å². The minimum absolute atomic E-state index is 0.0893. The molecule has 2 rings (SSSR count).